The molecule has 0 spiro atoms. The van der Waals surface area contributed by atoms with Crippen molar-refractivity contribution in [1.82, 2.24) is 24.1 Å². The first-order chi connectivity index (χ1) is 17.5. The van der Waals surface area contributed by atoms with Crippen LogP contribution in [0, 0.1) is 13.8 Å². The van der Waals surface area contributed by atoms with Gasteiger partial charge in [-0.15, -0.1) is 10.2 Å². The number of nitrogens with zero attached hydrogens (tertiary/aromatic N) is 4. The van der Waals surface area contributed by atoms with Crippen LogP contribution in [0.3, 0.4) is 0 Å². The van der Waals surface area contributed by atoms with Crippen molar-refractivity contribution in [3.05, 3.63) is 100.0 Å². The van der Waals surface area contributed by atoms with Crippen LogP contribution in [0.25, 0.3) is 33.3 Å². The zero-order chi connectivity index (χ0) is 25.0. The van der Waals surface area contributed by atoms with Crippen LogP contribution in [0.5, 0.6) is 0 Å². The number of aryl methyl sites for hydroxylation is 2. The maximum absolute atomic E-state index is 13.6. The van der Waals surface area contributed by atoms with Gasteiger partial charge in [0, 0.05) is 22.2 Å². The molecule has 6 aromatic rings. The highest BCUT2D eigenvalue weighted by Crippen LogP contribution is 2.31. The molecule has 0 saturated heterocycles. The van der Waals surface area contributed by atoms with Crippen molar-refractivity contribution in [3.63, 3.8) is 0 Å². The molecule has 0 aliphatic heterocycles. The number of hydrogen-bond acceptors (Lipinski definition) is 5. The molecular weight excluding hydrogens is 470 g/mol. The number of benzene rings is 3. The van der Waals surface area contributed by atoms with Crippen molar-refractivity contribution in [3.8, 4) is 5.69 Å². The number of carbonyl (C=O) groups excluding carboxylic acids is 1. The molecule has 3 heterocycles. The van der Waals surface area contributed by atoms with Crippen LogP contribution in [0.15, 0.2) is 82.7 Å². The second-order valence-corrected chi connectivity index (χ2v) is 10.2. The summed E-state index contributed by atoms with van der Waals surface area (Å²) in [7, 11) is 0. The van der Waals surface area contributed by atoms with Gasteiger partial charge in [0.05, 0.1) is 21.8 Å². The molecule has 0 aliphatic rings. The zero-order valence-electron chi connectivity index (χ0n) is 20.0. The molecule has 1 unspecified atom stereocenters. The number of H-pyrrole nitrogens is 1. The maximum atomic E-state index is 13.6. The third kappa shape index (κ3) is 3.37. The lowest BCUT2D eigenvalue weighted by Gasteiger charge is -2.14. The monoisotopic (exact) mass is 493 g/mol. The van der Waals surface area contributed by atoms with Gasteiger partial charge in [-0.25, -0.2) is 4.57 Å². The van der Waals surface area contributed by atoms with E-state index in [1.54, 1.807) is 4.57 Å². The summed E-state index contributed by atoms with van der Waals surface area (Å²) in [5.74, 6) is 0.432. The Bertz CT molecular complexity index is 1860. The molecule has 0 radical (unpaired) electrons. The number of Topliss-reactive ketones (excluding diaryl/α,β-unsaturated/α-hetero) is 1. The number of ketones is 1. The fraction of sp³-hybridized carbons (Fsp3) is 0.143. The lowest BCUT2D eigenvalue weighted by atomic mass is 10.1. The van der Waals surface area contributed by atoms with E-state index in [1.807, 2.05) is 98.0 Å². The smallest absolute Gasteiger partial charge is 0.267 e. The van der Waals surface area contributed by atoms with E-state index in [1.165, 1.54) is 11.8 Å². The molecular formula is C28H23N5O2S. The summed E-state index contributed by atoms with van der Waals surface area (Å²) < 4.78 is 3.48. The summed E-state index contributed by atoms with van der Waals surface area (Å²) >= 11 is 1.34. The Hall–Kier alpha value is -4.17. The molecule has 6 rings (SSSR count). The number of carbonyl (C=O) groups is 1. The molecule has 1 atom stereocenters. The average Bonchev–Trinajstić information content (AvgIpc) is 3.45. The van der Waals surface area contributed by atoms with E-state index in [0.29, 0.717) is 27.4 Å². The number of para-hydroxylation sites is 3. The van der Waals surface area contributed by atoms with Crippen LogP contribution in [-0.2, 0) is 0 Å². The van der Waals surface area contributed by atoms with E-state index in [4.69, 9.17) is 0 Å². The quantitative estimate of drug-likeness (QED) is 0.253. The Kier molecular flexibility index (Phi) is 5.26. The van der Waals surface area contributed by atoms with Gasteiger partial charge in [0.1, 0.15) is 0 Å². The molecule has 7 nitrogen and oxygen atoms in total. The van der Waals surface area contributed by atoms with Crippen molar-refractivity contribution in [2.75, 3.05) is 0 Å². The fourth-order valence-electron chi connectivity index (χ4n) is 4.80. The van der Waals surface area contributed by atoms with E-state index < -0.39 is 5.25 Å². The maximum Gasteiger partial charge on any atom is 0.267 e. The van der Waals surface area contributed by atoms with Gasteiger partial charge >= 0.3 is 0 Å². The Morgan fingerprint density at radius 3 is 2.42 bits per heavy atom. The number of thioether (sulfide) groups is 1. The third-order valence-corrected chi connectivity index (χ3v) is 7.59. The number of aromatic nitrogens is 5. The number of fused-ring (bicyclic) bond motifs is 4. The lowest BCUT2D eigenvalue weighted by Crippen LogP contribution is -2.22. The van der Waals surface area contributed by atoms with Crippen LogP contribution in [0.1, 0.15) is 28.5 Å². The number of aromatic amines is 1. The van der Waals surface area contributed by atoms with Gasteiger partial charge in [0.15, 0.2) is 10.9 Å². The van der Waals surface area contributed by atoms with Crippen LogP contribution in [-0.4, -0.2) is 35.2 Å². The fourth-order valence-corrected chi connectivity index (χ4v) is 5.71. The Morgan fingerprint density at radius 2 is 1.61 bits per heavy atom. The van der Waals surface area contributed by atoms with Gasteiger partial charge in [-0.1, -0.05) is 60.3 Å². The van der Waals surface area contributed by atoms with Crippen LogP contribution in [0.2, 0.25) is 0 Å². The van der Waals surface area contributed by atoms with E-state index >= 15 is 0 Å². The number of hydrogen-bond donors (Lipinski definition) is 1. The van der Waals surface area contributed by atoms with E-state index in [-0.39, 0.29) is 11.3 Å². The molecule has 8 heteroatoms. The Balaban J connectivity index is 1.51. The molecule has 1 N–H and O–H groups in total. The molecule has 3 aromatic heterocycles. The van der Waals surface area contributed by atoms with Gasteiger partial charge in [0.25, 0.3) is 5.56 Å². The van der Waals surface area contributed by atoms with Gasteiger partial charge < -0.3 is 4.98 Å². The predicted molar refractivity (Wildman–Crippen MR) is 144 cm³/mol. The molecule has 0 aliphatic carbocycles. The first kappa shape index (κ1) is 22.3. The SMILES string of the molecule is Cc1ccccc1-n1c(=O)c2ccccc2n2c(SC(C)C(=O)c3c(C)[nH]c4ccccc34)nnc12. The third-order valence-electron chi connectivity index (χ3n) is 6.54. The van der Waals surface area contributed by atoms with Crippen LogP contribution < -0.4 is 5.56 Å². The summed E-state index contributed by atoms with van der Waals surface area (Å²) in [6.07, 6.45) is 0. The first-order valence-corrected chi connectivity index (χ1v) is 12.6. The molecule has 0 bridgehead atoms. The molecule has 0 saturated carbocycles. The van der Waals surface area contributed by atoms with Crippen molar-refractivity contribution >= 4 is 45.1 Å². The van der Waals surface area contributed by atoms with Crippen LogP contribution in [0.4, 0.5) is 0 Å². The van der Waals surface area contributed by atoms with Crippen molar-refractivity contribution in [2.45, 2.75) is 31.2 Å². The van der Waals surface area contributed by atoms with E-state index in [2.05, 4.69) is 15.2 Å². The second kappa shape index (κ2) is 8.49. The molecule has 0 amide bonds. The number of nitrogens with one attached hydrogen (secondary N) is 1. The minimum absolute atomic E-state index is 0.0169. The zero-order valence-corrected chi connectivity index (χ0v) is 20.8. The molecule has 36 heavy (non-hydrogen) atoms. The topological polar surface area (TPSA) is 85.0 Å². The summed E-state index contributed by atoms with van der Waals surface area (Å²) in [5.41, 5.74) is 4.73. The summed E-state index contributed by atoms with van der Waals surface area (Å²) in [6.45, 7) is 5.77. The van der Waals surface area contributed by atoms with E-state index in [0.717, 1.165) is 27.8 Å². The average molecular weight is 494 g/mol. The van der Waals surface area contributed by atoms with Gasteiger partial charge in [0.2, 0.25) is 5.78 Å². The molecule has 0 fully saturated rings. The highest BCUT2D eigenvalue weighted by atomic mass is 32.2. The van der Waals surface area contributed by atoms with Crippen molar-refractivity contribution in [1.29, 1.82) is 0 Å². The summed E-state index contributed by atoms with van der Waals surface area (Å²) in [5, 5.41) is 10.5. The highest BCUT2D eigenvalue weighted by Gasteiger charge is 2.26. The normalized spacial score (nSPS) is 12.5. The van der Waals surface area contributed by atoms with Gasteiger partial charge in [-0.3, -0.25) is 14.0 Å². The number of rotatable bonds is 5. The standard InChI is InChI=1S/C28H23N5O2S/c1-16-10-4-8-14-22(16)32-26(35)20-12-6-9-15-23(20)33-27(32)30-31-28(33)36-18(3)25(34)24-17(2)29-21-13-7-5-11-19(21)24/h4-15,18,29H,1-3H3. The predicted octanol–water partition coefficient (Wildman–Crippen LogP) is 5.50. The highest BCUT2D eigenvalue weighted by molar-refractivity contribution is 8.00. The first-order valence-electron chi connectivity index (χ1n) is 11.7. The largest absolute Gasteiger partial charge is 0.358 e. The second-order valence-electron chi connectivity index (χ2n) is 8.86. The van der Waals surface area contributed by atoms with Crippen LogP contribution >= 0.6 is 11.8 Å². The minimum Gasteiger partial charge on any atom is -0.358 e. The molecule has 3 aromatic carbocycles. The van der Waals surface area contributed by atoms with Gasteiger partial charge in [-0.2, -0.15) is 0 Å². The van der Waals surface area contributed by atoms with Crippen molar-refractivity contribution in [2.24, 2.45) is 0 Å². The summed E-state index contributed by atoms with van der Waals surface area (Å²) in [6, 6.07) is 23.0. The van der Waals surface area contributed by atoms with E-state index in [9.17, 15) is 9.59 Å². The molecule has 178 valence electrons. The Morgan fingerprint density at radius 1 is 0.917 bits per heavy atom. The van der Waals surface area contributed by atoms with Gasteiger partial charge in [-0.05, 0) is 50.6 Å². The lowest BCUT2D eigenvalue weighted by molar-refractivity contribution is 0.0995. The van der Waals surface area contributed by atoms with Crippen molar-refractivity contribution < 1.29 is 4.79 Å². The summed E-state index contributed by atoms with van der Waals surface area (Å²) in [4.78, 5) is 30.5. The minimum atomic E-state index is -0.423. The Labute approximate surface area is 210 Å².